The van der Waals surface area contributed by atoms with Crippen molar-refractivity contribution in [2.75, 3.05) is 16.8 Å². The smallest absolute Gasteiger partial charge is 0.227 e. The number of benzene rings is 1. The van der Waals surface area contributed by atoms with Gasteiger partial charge in [-0.3, -0.25) is 4.79 Å². The van der Waals surface area contributed by atoms with E-state index in [1.54, 1.807) is 10.9 Å². The van der Waals surface area contributed by atoms with Crippen LogP contribution in [-0.2, 0) is 11.3 Å². The summed E-state index contributed by atoms with van der Waals surface area (Å²) in [4.78, 5) is 22.2. The number of nitrogens with one attached hydrogen (secondary N) is 1. The number of anilines is 3. The molecule has 0 radical (unpaired) electrons. The van der Waals surface area contributed by atoms with Crippen LogP contribution in [0, 0.1) is 11.3 Å². The highest BCUT2D eigenvalue weighted by molar-refractivity contribution is 5.95. The van der Waals surface area contributed by atoms with E-state index in [1.807, 2.05) is 29.2 Å². The van der Waals surface area contributed by atoms with Crippen LogP contribution in [0.2, 0.25) is 0 Å². The Bertz CT molecular complexity index is 987. The molecule has 8 nitrogen and oxygen atoms in total. The number of nitrogens with zero attached hydrogens (tertiary/aromatic N) is 6. The third-order valence-corrected chi connectivity index (χ3v) is 4.38. The minimum absolute atomic E-state index is 0.174. The van der Waals surface area contributed by atoms with Gasteiger partial charge in [-0.2, -0.15) is 10.4 Å². The molecular formula is C18H17N7O. The topological polar surface area (TPSA) is 99.7 Å². The zero-order valence-corrected chi connectivity index (χ0v) is 14.1. The average molecular weight is 347 g/mol. The predicted octanol–water partition coefficient (Wildman–Crippen LogP) is 2.61. The first-order valence-corrected chi connectivity index (χ1v) is 8.47. The van der Waals surface area contributed by atoms with Gasteiger partial charge in [-0.25, -0.2) is 14.6 Å². The largest absolute Gasteiger partial charge is 0.340 e. The highest BCUT2D eigenvalue weighted by Gasteiger charge is 2.21. The molecule has 1 aromatic carbocycles. The summed E-state index contributed by atoms with van der Waals surface area (Å²) in [5.41, 5.74) is 2.47. The lowest BCUT2D eigenvalue weighted by Gasteiger charge is -2.16. The molecule has 2 aromatic heterocycles. The van der Waals surface area contributed by atoms with Gasteiger partial charge in [0.05, 0.1) is 30.6 Å². The third kappa shape index (κ3) is 2.95. The molecule has 1 saturated heterocycles. The Morgan fingerprint density at radius 2 is 2.08 bits per heavy atom. The molecule has 1 aliphatic heterocycles. The highest BCUT2D eigenvalue weighted by atomic mass is 16.2. The number of hydrogen-bond donors (Lipinski definition) is 1. The Morgan fingerprint density at radius 1 is 1.23 bits per heavy atom. The molecule has 0 unspecified atom stereocenters. The third-order valence-electron chi connectivity index (χ3n) is 4.38. The maximum Gasteiger partial charge on any atom is 0.227 e. The number of carbonyl (C=O) groups excluding carboxylic acids is 1. The van der Waals surface area contributed by atoms with Crippen LogP contribution in [0.15, 0.2) is 36.8 Å². The van der Waals surface area contributed by atoms with Crippen molar-refractivity contribution in [2.24, 2.45) is 0 Å². The van der Waals surface area contributed by atoms with Gasteiger partial charge in [0, 0.05) is 24.3 Å². The van der Waals surface area contributed by atoms with E-state index in [4.69, 9.17) is 5.26 Å². The number of rotatable bonds is 5. The second-order valence-corrected chi connectivity index (χ2v) is 6.06. The van der Waals surface area contributed by atoms with Crippen molar-refractivity contribution in [3.63, 3.8) is 0 Å². The van der Waals surface area contributed by atoms with E-state index in [-0.39, 0.29) is 5.91 Å². The fraction of sp³-hybridized carbons (Fsp3) is 0.278. The number of nitriles is 1. The summed E-state index contributed by atoms with van der Waals surface area (Å²) in [7, 11) is 0. The fourth-order valence-electron chi connectivity index (χ4n) is 3.09. The first-order chi connectivity index (χ1) is 12.8. The predicted molar refractivity (Wildman–Crippen MR) is 96.9 cm³/mol. The van der Waals surface area contributed by atoms with E-state index >= 15 is 0 Å². The summed E-state index contributed by atoms with van der Waals surface area (Å²) in [6.45, 7) is 1.27. The van der Waals surface area contributed by atoms with Gasteiger partial charge in [-0.15, -0.1) is 0 Å². The van der Waals surface area contributed by atoms with Gasteiger partial charge in [0.25, 0.3) is 0 Å². The number of aromatic nitrogens is 4. The molecule has 0 bridgehead atoms. The second-order valence-electron chi connectivity index (χ2n) is 6.06. The zero-order chi connectivity index (χ0) is 17.9. The number of carbonyl (C=O) groups is 1. The van der Waals surface area contributed by atoms with Gasteiger partial charge in [0.2, 0.25) is 5.91 Å². The Hall–Kier alpha value is -3.47. The molecule has 0 saturated carbocycles. The monoisotopic (exact) mass is 347 g/mol. The summed E-state index contributed by atoms with van der Waals surface area (Å²) in [6, 6.07) is 9.82. The molecule has 130 valence electrons. The second kappa shape index (κ2) is 6.80. The van der Waals surface area contributed by atoms with Gasteiger partial charge in [0.1, 0.15) is 12.1 Å². The van der Waals surface area contributed by atoms with Gasteiger partial charge in [-0.05, 0) is 30.7 Å². The van der Waals surface area contributed by atoms with Crippen LogP contribution in [0.4, 0.5) is 17.2 Å². The molecule has 1 N–H and O–H groups in total. The fourth-order valence-corrected chi connectivity index (χ4v) is 3.09. The summed E-state index contributed by atoms with van der Waals surface area (Å²) >= 11 is 0. The van der Waals surface area contributed by atoms with Crippen molar-refractivity contribution in [2.45, 2.75) is 25.8 Å². The summed E-state index contributed by atoms with van der Waals surface area (Å²) in [5, 5.41) is 17.1. The molecule has 3 heterocycles. The van der Waals surface area contributed by atoms with Crippen molar-refractivity contribution in [1.29, 1.82) is 5.26 Å². The highest BCUT2D eigenvalue weighted by Crippen LogP contribution is 2.26. The average Bonchev–Trinajstić information content (AvgIpc) is 3.27. The standard InChI is InChI=1S/C18H17N7O/c19-8-2-10-25-18-15(11-22-25)17(20-12-21-18)23-13-4-6-14(7-5-13)24-9-1-3-16(24)26/h4-7,11-12H,1-3,9-10H2,(H,20,21,23). The first kappa shape index (κ1) is 16.0. The minimum Gasteiger partial charge on any atom is -0.340 e. The van der Waals surface area contributed by atoms with Crippen molar-refractivity contribution >= 4 is 34.1 Å². The maximum absolute atomic E-state index is 11.8. The molecule has 26 heavy (non-hydrogen) atoms. The van der Waals surface area contributed by atoms with Crippen molar-refractivity contribution in [3.05, 3.63) is 36.8 Å². The van der Waals surface area contributed by atoms with Crippen LogP contribution in [0.25, 0.3) is 11.0 Å². The summed E-state index contributed by atoms with van der Waals surface area (Å²) in [6.07, 6.45) is 5.08. The maximum atomic E-state index is 11.8. The van der Waals surface area contributed by atoms with Crippen LogP contribution in [0.1, 0.15) is 19.3 Å². The lowest BCUT2D eigenvalue weighted by Crippen LogP contribution is -2.23. The molecule has 0 spiro atoms. The molecule has 0 aliphatic carbocycles. The molecule has 1 aliphatic rings. The molecule has 0 atom stereocenters. The SMILES string of the molecule is N#CCCn1ncc2c(Nc3ccc(N4CCCC4=O)cc3)ncnc21. The Labute approximate surface area is 150 Å². The molecule has 4 rings (SSSR count). The molecule has 8 heteroatoms. The number of aryl methyl sites for hydroxylation is 1. The minimum atomic E-state index is 0.174. The van der Waals surface area contributed by atoms with Crippen molar-refractivity contribution < 1.29 is 4.79 Å². The normalized spacial score (nSPS) is 14.0. The lowest BCUT2D eigenvalue weighted by molar-refractivity contribution is -0.117. The van der Waals surface area contributed by atoms with E-state index in [2.05, 4.69) is 26.5 Å². The van der Waals surface area contributed by atoms with Crippen LogP contribution in [0.5, 0.6) is 0 Å². The number of fused-ring (bicyclic) bond motifs is 1. The van der Waals surface area contributed by atoms with E-state index in [0.29, 0.717) is 30.9 Å². The van der Waals surface area contributed by atoms with E-state index in [0.717, 1.165) is 29.7 Å². The van der Waals surface area contributed by atoms with Gasteiger partial charge >= 0.3 is 0 Å². The Kier molecular flexibility index (Phi) is 4.19. The zero-order valence-electron chi connectivity index (χ0n) is 14.1. The van der Waals surface area contributed by atoms with Gasteiger partial charge in [-0.1, -0.05) is 0 Å². The van der Waals surface area contributed by atoms with E-state index in [1.165, 1.54) is 6.33 Å². The quantitative estimate of drug-likeness (QED) is 0.761. The lowest BCUT2D eigenvalue weighted by atomic mass is 10.2. The molecule has 3 aromatic rings. The van der Waals surface area contributed by atoms with Crippen LogP contribution >= 0.6 is 0 Å². The van der Waals surface area contributed by atoms with E-state index in [9.17, 15) is 4.79 Å². The number of amides is 1. The summed E-state index contributed by atoms with van der Waals surface area (Å²) < 4.78 is 1.70. The van der Waals surface area contributed by atoms with Crippen LogP contribution in [-0.4, -0.2) is 32.2 Å². The Morgan fingerprint density at radius 3 is 2.81 bits per heavy atom. The van der Waals surface area contributed by atoms with Crippen LogP contribution < -0.4 is 10.2 Å². The van der Waals surface area contributed by atoms with E-state index < -0.39 is 0 Å². The van der Waals surface area contributed by atoms with Crippen LogP contribution in [0.3, 0.4) is 0 Å². The van der Waals surface area contributed by atoms with Crippen molar-refractivity contribution in [3.8, 4) is 6.07 Å². The first-order valence-electron chi connectivity index (χ1n) is 8.47. The van der Waals surface area contributed by atoms with Crippen molar-refractivity contribution in [1.82, 2.24) is 19.7 Å². The molecule has 1 amide bonds. The Balaban J connectivity index is 1.56. The molecule has 1 fully saturated rings. The van der Waals surface area contributed by atoms with Gasteiger partial charge in [0.15, 0.2) is 5.65 Å². The molecular weight excluding hydrogens is 330 g/mol. The van der Waals surface area contributed by atoms with Gasteiger partial charge < -0.3 is 10.2 Å². The summed E-state index contributed by atoms with van der Waals surface area (Å²) in [5.74, 6) is 0.830. The number of hydrogen-bond acceptors (Lipinski definition) is 6.